The van der Waals surface area contributed by atoms with Crippen molar-refractivity contribution in [3.63, 3.8) is 0 Å². The third-order valence-electron chi connectivity index (χ3n) is 6.36. The van der Waals surface area contributed by atoms with Gasteiger partial charge in [-0.1, -0.05) is 12.1 Å². The van der Waals surface area contributed by atoms with Gasteiger partial charge in [0, 0.05) is 50.0 Å². The third-order valence-corrected chi connectivity index (χ3v) is 6.77. The Labute approximate surface area is 231 Å². The lowest BCUT2D eigenvalue weighted by Gasteiger charge is -2.24. The molecule has 11 heteroatoms. The summed E-state index contributed by atoms with van der Waals surface area (Å²) in [6, 6.07) is 9.09. The lowest BCUT2D eigenvalue weighted by molar-refractivity contribution is -0.138. The number of fused-ring (bicyclic) bond motifs is 1. The molecule has 0 aliphatic carbocycles. The summed E-state index contributed by atoms with van der Waals surface area (Å²) in [6.45, 7) is 3.54. The smallest absolute Gasteiger partial charge is 0.326 e. The molecule has 1 aliphatic rings. The maximum absolute atomic E-state index is 11.9. The van der Waals surface area contributed by atoms with E-state index >= 15 is 0 Å². The number of hydrogen-bond donors (Lipinski definition) is 3. The molecule has 0 aromatic carbocycles. The van der Waals surface area contributed by atoms with Crippen LogP contribution in [0.3, 0.4) is 0 Å². The molecule has 0 bridgehead atoms. The van der Waals surface area contributed by atoms with E-state index in [0.717, 1.165) is 61.2 Å². The first-order chi connectivity index (χ1) is 18.6. The van der Waals surface area contributed by atoms with Crippen LogP contribution < -0.4 is 15.4 Å². The van der Waals surface area contributed by atoms with E-state index in [1.165, 1.54) is 5.56 Å². The van der Waals surface area contributed by atoms with Crippen molar-refractivity contribution in [2.24, 2.45) is 0 Å². The molecule has 4 rings (SSSR count). The number of unbranched alkanes of at least 4 members (excludes halogenated alkanes) is 1. The minimum Gasteiger partial charge on any atom is -0.480 e. The number of pyridine rings is 2. The van der Waals surface area contributed by atoms with Crippen molar-refractivity contribution in [2.75, 3.05) is 43.4 Å². The van der Waals surface area contributed by atoms with Crippen LogP contribution in [0.15, 0.2) is 53.4 Å². The summed E-state index contributed by atoms with van der Waals surface area (Å²) in [5, 5.41) is 16.1. The molecule has 38 heavy (non-hydrogen) atoms. The first-order valence-electron chi connectivity index (χ1n) is 13.0. The number of aromatic nitrogens is 4. The molecule has 1 atom stereocenters. The molecule has 0 spiro atoms. The van der Waals surface area contributed by atoms with Gasteiger partial charge in [0.2, 0.25) is 11.8 Å². The predicted molar refractivity (Wildman–Crippen MR) is 150 cm³/mol. The Hall–Kier alpha value is -3.31. The number of ether oxygens (including phenoxy) is 1. The van der Waals surface area contributed by atoms with Crippen molar-refractivity contribution in [1.82, 2.24) is 24.8 Å². The predicted octanol–water partition coefficient (Wildman–Crippen LogP) is 4.05. The van der Waals surface area contributed by atoms with Crippen LogP contribution in [-0.2, 0) is 17.6 Å². The van der Waals surface area contributed by atoms with Gasteiger partial charge in [-0.2, -0.15) is 0 Å². The second-order valence-electron chi connectivity index (χ2n) is 9.20. The number of anilines is 2. The van der Waals surface area contributed by atoms with Crippen molar-refractivity contribution < 1.29 is 14.6 Å². The van der Waals surface area contributed by atoms with Crippen LogP contribution in [0.1, 0.15) is 36.9 Å². The Morgan fingerprint density at radius 1 is 1.13 bits per heavy atom. The number of nitrogens with zero attached hydrogens (tertiary/aromatic N) is 5. The lowest BCUT2D eigenvalue weighted by atomic mass is 10.1. The van der Waals surface area contributed by atoms with Crippen LogP contribution in [0.5, 0.6) is 5.88 Å². The molecule has 1 aliphatic heterocycles. The molecule has 0 amide bonds. The quantitative estimate of drug-likeness (QED) is 0.225. The number of halogens is 1. The highest BCUT2D eigenvalue weighted by atomic mass is 79.9. The molecule has 3 aromatic rings. The molecule has 0 fully saturated rings. The fraction of sp³-hybridized carbons (Fsp3) is 0.444. The van der Waals surface area contributed by atoms with Crippen LogP contribution in [0, 0.1) is 0 Å². The molecule has 202 valence electrons. The molecule has 0 radical (unpaired) electrons. The summed E-state index contributed by atoms with van der Waals surface area (Å²) < 4.78 is 6.53. The Balaban J connectivity index is 1.29. The fourth-order valence-corrected chi connectivity index (χ4v) is 4.51. The summed E-state index contributed by atoms with van der Waals surface area (Å²) in [5.74, 6) is 0.965. The van der Waals surface area contributed by atoms with Crippen molar-refractivity contribution >= 4 is 33.7 Å². The van der Waals surface area contributed by atoms with E-state index < -0.39 is 12.0 Å². The zero-order valence-electron chi connectivity index (χ0n) is 21.4. The number of carboxylic acids is 1. The van der Waals surface area contributed by atoms with Gasteiger partial charge >= 0.3 is 5.97 Å². The SMILES string of the molecule is O=C(O)[C@H](CCN(CCCCc1ccc2c(n1)NCCC2)CCOc1ccccn1)Nc1ncc(Br)cn1. The molecule has 10 nitrogen and oxygen atoms in total. The number of nitrogens with one attached hydrogen (secondary N) is 2. The van der Waals surface area contributed by atoms with Crippen LogP contribution in [-0.4, -0.2) is 74.7 Å². The standard InChI is InChI=1S/C27H34BrN7O3/c28-21-18-31-27(32-19-21)34-23(26(36)37)11-15-35(16-17-38-24-8-1-3-12-29-24)14-4-2-7-22-10-9-20-6-5-13-30-25(20)33-22/h1,3,8-10,12,18-19,23H,2,4-7,11,13-17H2,(H,30,33)(H,36,37)(H,31,32,34)/t23-/m0/s1. The van der Waals surface area contributed by atoms with Gasteiger partial charge in [0.25, 0.3) is 0 Å². The number of aryl methyl sites for hydroxylation is 2. The number of aliphatic carboxylic acids is 1. The van der Waals surface area contributed by atoms with E-state index in [4.69, 9.17) is 9.72 Å². The van der Waals surface area contributed by atoms with Gasteiger partial charge in [0.15, 0.2) is 0 Å². The first-order valence-corrected chi connectivity index (χ1v) is 13.8. The van der Waals surface area contributed by atoms with Gasteiger partial charge in [0.1, 0.15) is 18.5 Å². The average molecular weight is 585 g/mol. The van der Waals surface area contributed by atoms with E-state index in [0.29, 0.717) is 32.0 Å². The minimum absolute atomic E-state index is 0.290. The molecule has 4 heterocycles. The second-order valence-corrected chi connectivity index (χ2v) is 10.1. The maximum atomic E-state index is 11.9. The summed E-state index contributed by atoms with van der Waals surface area (Å²) in [5.41, 5.74) is 2.40. The minimum atomic E-state index is -0.937. The lowest BCUT2D eigenvalue weighted by Crippen LogP contribution is -2.37. The highest BCUT2D eigenvalue weighted by Crippen LogP contribution is 2.20. The van der Waals surface area contributed by atoms with Gasteiger partial charge in [0.05, 0.1) is 4.47 Å². The average Bonchev–Trinajstić information content (AvgIpc) is 2.94. The Morgan fingerprint density at radius 2 is 2.00 bits per heavy atom. The molecule has 0 saturated carbocycles. The van der Waals surface area contributed by atoms with E-state index in [1.807, 2.05) is 18.2 Å². The molecule has 3 aromatic heterocycles. The Morgan fingerprint density at radius 3 is 2.79 bits per heavy atom. The van der Waals surface area contributed by atoms with E-state index in [-0.39, 0.29) is 5.95 Å². The normalized spacial score (nSPS) is 13.4. The van der Waals surface area contributed by atoms with Gasteiger partial charge in [-0.15, -0.1) is 0 Å². The van der Waals surface area contributed by atoms with E-state index in [9.17, 15) is 9.90 Å². The highest BCUT2D eigenvalue weighted by molar-refractivity contribution is 9.10. The van der Waals surface area contributed by atoms with Crippen LogP contribution >= 0.6 is 15.9 Å². The zero-order chi connectivity index (χ0) is 26.6. The summed E-state index contributed by atoms with van der Waals surface area (Å²) in [6.07, 6.45) is 10.4. The van der Waals surface area contributed by atoms with Gasteiger partial charge in [-0.05, 0) is 78.7 Å². The van der Waals surface area contributed by atoms with Gasteiger partial charge in [-0.3, -0.25) is 4.90 Å². The topological polar surface area (TPSA) is 125 Å². The fourth-order valence-electron chi connectivity index (χ4n) is 4.31. The van der Waals surface area contributed by atoms with Crippen LogP contribution in [0.4, 0.5) is 11.8 Å². The van der Waals surface area contributed by atoms with Crippen molar-refractivity contribution in [3.05, 3.63) is 64.7 Å². The summed E-state index contributed by atoms with van der Waals surface area (Å²) >= 11 is 3.29. The summed E-state index contributed by atoms with van der Waals surface area (Å²) in [4.78, 5) is 31.4. The molecular weight excluding hydrogens is 550 g/mol. The van der Waals surface area contributed by atoms with Crippen molar-refractivity contribution in [3.8, 4) is 5.88 Å². The Kier molecular flexibility index (Phi) is 10.6. The second kappa shape index (κ2) is 14.6. The van der Waals surface area contributed by atoms with Crippen LogP contribution in [0.2, 0.25) is 0 Å². The number of carboxylic acid groups (broad SMARTS) is 1. The van der Waals surface area contributed by atoms with Gasteiger partial charge < -0.3 is 20.5 Å². The third kappa shape index (κ3) is 8.91. The Bertz CT molecular complexity index is 1150. The molecule has 0 saturated heterocycles. The number of rotatable bonds is 15. The number of hydrogen-bond acceptors (Lipinski definition) is 9. The molecule has 3 N–H and O–H groups in total. The number of carbonyl (C=O) groups is 1. The van der Waals surface area contributed by atoms with E-state index in [1.54, 1.807) is 18.6 Å². The van der Waals surface area contributed by atoms with Crippen molar-refractivity contribution in [2.45, 2.75) is 44.6 Å². The van der Waals surface area contributed by atoms with Gasteiger partial charge in [-0.25, -0.2) is 24.7 Å². The summed E-state index contributed by atoms with van der Waals surface area (Å²) in [7, 11) is 0. The van der Waals surface area contributed by atoms with Crippen molar-refractivity contribution in [1.29, 1.82) is 0 Å². The van der Waals surface area contributed by atoms with E-state index in [2.05, 4.69) is 58.5 Å². The highest BCUT2D eigenvalue weighted by Gasteiger charge is 2.20. The zero-order valence-corrected chi connectivity index (χ0v) is 22.9. The monoisotopic (exact) mass is 583 g/mol. The maximum Gasteiger partial charge on any atom is 0.326 e. The molecule has 0 unspecified atom stereocenters. The first kappa shape index (κ1) is 27.7. The van der Waals surface area contributed by atoms with Crippen LogP contribution in [0.25, 0.3) is 0 Å². The molecular formula is C27H34BrN7O3. The largest absolute Gasteiger partial charge is 0.480 e.